The van der Waals surface area contributed by atoms with Crippen LogP contribution in [-0.2, 0) is 24.3 Å². The molecule has 0 saturated heterocycles. The Labute approximate surface area is 224 Å². The molecule has 0 aliphatic heterocycles. The second-order valence-electron chi connectivity index (χ2n) is 9.22. The number of likely N-dealkylation sites (N-methyl/N-ethyl adjacent to an activating group) is 1. The number of rotatable bonds is 12. The average Bonchev–Trinajstić information content (AvgIpc) is 3.24. The molecule has 4 rings (SSSR count). The molecule has 11 heteroatoms. The third-order valence-electron chi connectivity index (χ3n) is 5.88. The highest BCUT2D eigenvalue weighted by atomic mass is 19.4. The van der Waals surface area contributed by atoms with Gasteiger partial charge in [-0.3, -0.25) is 4.79 Å². The zero-order valence-corrected chi connectivity index (χ0v) is 21.7. The number of benzene rings is 2. The molecular weight excluding hydrogens is 511 g/mol. The van der Waals surface area contributed by atoms with Crippen LogP contribution in [0, 0.1) is 0 Å². The molecule has 0 bridgehead atoms. The van der Waals surface area contributed by atoms with Gasteiger partial charge in [-0.2, -0.15) is 0 Å². The number of aryl methyl sites for hydroxylation is 1. The molecule has 0 radical (unpaired) electrons. The van der Waals surface area contributed by atoms with Gasteiger partial charge in [-0.15, -0.1) is 13.2 Å². The van der Waals surface area contributed by atoms with Crippen LogP contribution in [0.5, 0.6) is 11.5 Å². The molecule has 0 aliphatic carbocycles. The Balaban J connectivity index is 1.35. The van der Waals surface area contributed by atoms with Crippen LogP contribution in [0.3, 0.4) is 0 Å². The van der Waals surface area contributed by atoms with Crippen LogP contribution in [0.25, 0.3) is 11.2 Å². The maximum Gasteiger partial charge on any atom is 0.573 e. The third-order valence-corrected chi connectivity index (χ3v) is 5.88. The monoisotopic (exact) mass is 541 g/mol. The molecule has 39 heavy (non-hydrogen) atoms. The molecule has 206 valence electrons. The molecule has 1 amide bonds. The van der Waals surface area contributed by atoms with Crippen molar-refractivity contribution in [2.24, 2.45) is 0 Å². The van der Waals surface area contributed by atoms with Crippen LogP contribution in [0.2, 0.25) is 0 Å². The van der Waals surface area contributed by atoms with Gasteiger partial charge in [0.15, 0.2) is 5.65 Å². The SMILES string of the molecule is CN(C)CCOc1ccc(CNC(=O)CCc2nc3cccnc3n2Cc2ccc(OC(F)(F)F)cc2)cc1. The minimum Gasteiger partial charge on any atom is -0.492 e. The van der Waals surface area contributed by atoms with Crippen molar-refractivity contribution in [2.45, 2.75) is 32.3 Å². The van der Waals surface area contributed by atoms with Crippen molar-refractivity contribution in [3.8, 4) is 11.5 Å². The van der Waals surface area contributed by atoms with E-state index in [0.717, 1.165) is 23.4 Å². The molecular formula is C28H30F3N5O3. The van der Waals surface area contributed by atoms with Gasteiger partial charge in [0.25, 0.3) is 0 Å². The summed E-state index contributed by atoms with van der Waals surface area (Å²) in [4.78, 5) is 23.7. The number of nitrogens with zero attached hydrogens (tertiary/aromatic N) is 4. The van der Waals surface area contributed by atoms with Gasteiger partial charge in [0.1, 0.15) is 29.4 Å². The van der Waals surface area contributed by atoms with Gasteiger partial charge < -0.3 is 24.3 Å². The highest BCUT2D eigenvalue weighted by Crippen LogP contribution is 2.24. The number of amides is 1. The number of carbonyl (C=O) groups excluding carboxylic acids is 1. The molecule has 2 aromatic carbocycles. The number of pyridine rings is 1. The number of hydrogen-bond donors (Lipinski definition) is 1. The Morgan fingerprint density at radius 1 is 1.00 bits per heavy atom. The van der Waals surface area contributed by atoms with Crippen LogP contribution in [0.15, 0.2) is 66.9 Å². The molecule has 8 nitrogen and oxygen atoms in total. The van der Waals surface area contributed by atoms with Crippen molar-refractivity contribution in [1.29, 1.82) is 0 Å². The van der Waals surface area contributed by atoms with Crippen molar-refractivity contribution in [1.82, 2.24) is 24.8 Å². The number of fused-ring (bicyclic) bond motifs is 1. The van der Waals surface area contributed by atoms with Crippen LogP contribution < -0.4 is 14.8 Å². The molecule has 1 N–H and O–H groups in total. The maximum absolute atomic E-state index is 12.6. The van der Waals surface area contributed by atoms with Gasteiger partial charge in [-0.05, 0) is 61.6 Å². The number of carbonyl (C=O) groups is 1. The topological polar surface area (TPSA) is 81.5 Å². The summed E-state index contributed by atoms with van der Waals surface area (Å²) in [5, 5.41) is 2.93. The summed E-state index contributed by atoms with van der Waals surface area (Å²) >= 11 is 0. The second kappa shape index (κ2) is 12.6. The first-order valence-electron chi connectivity index (χ1n) is 12.4. The largest absolute Gasteiger partial charge is 0.573 e. The first kappa shape index (κ1) is 27.9. The lowest BCUT2D eigenvalue weighted by molar-refractivity contribution is -0.274. The van der Waals surface area contributed by atoms with Gasteiger partial charge in [0.2, 0.25) is 5.91 Å². The van der Waals surface area contributed by atoms with Crippen LogP contribution in [0.4, 0.5) is 13.2 Å². The molecule has 2 aromatic heterocycles. The van der Waals surface area contributed by atoms with E-state index in [0.29, 0.717) is 43.1 Å². The van der Waals surface area contributed by atoms with E-state index in [4.69, 9.17) is 4.74 Å². The number of hydrogen-bond acceptors (Lipinski definition) is 6. The Kier molecular flexibility index (Phi) is 9.03. The van der Waals surface area contributed by atoms with Gasteiger partial charge >= 0.3 is 6.36 Å². The summed E-state index contributed by atoms with van der Waals surface area (Å²) in [5.41, 5.74) is 3.02. The van der Waals surface area contributed by atoms with E-state index in [1.807, 2.05) is 53.9 Å². The summed E-state index contributed by atoms with van der Waals surface area (Å²) in [6.07, 6.45) is -2.51. The first-order chi connectivity index (χ1) is 18.7. The molecule has 0 spiro atoms. The molecule has 0 aliphatic rings. The van der Waals surface area contributed by atoms with Gasteiger partial charge in [0, 0.05) is 32.1 Å². The van der Waals surface area contributed by atoms with E-state index in [1.54, 1.807) is 24.4 Å². The molecule has 4 aromatic rings. The minimum atomic E-state index is -4.75. The highest BCUT2D eigenvalue weighted by Gasteiger charge is 2.31. The fraction of sp³-hybridized carbons (Fsp3) is 0.321. The summed E-state index contributed by atoms with van der Waals surface area (Å²) in [5.74, 6) is 1.03. The molecule has 0 fully saturated rings. The van der Waals surface area contributed by atoms with Crippen molar-refractivity contribution in [2.75, 3.05) is 27.2 Å². The van der Waals surface area contributed by atoms with Gasteiger partial charge in [0.05, 0.1) is 6.54 Å². The van der Waals surface area contributed by atoms with Gasteiger partial charge in [-0.1, -0.05) is 24.3 Å². The van der Waals surface area contributed by atoms with E-state index in [-0.39, 0.29) is 18.1 Å². The second-order valence-corrected chi connectivity index (χ2v) is 9.22. The van der Waals surface area contributed by atoms with Crippen molar-refractivity contribution in [3.63, 3.8) is 0 Å². The Morgan fingerprint density at radius 3 is 2.38 bits per heavy atom. The summed E-state index contributed by atoms with van der Waals surface area (Å²) in [7, 11) is 3.97. The standard InChI is InChI=1S/C28H30F3N5O3/c1-35(2)16-17-38-22-9-5-20(6-10-22)18-33-26(37)14-13-25-34-24-4-3-15-32-27(24)36(25)19-21-7-11-23(12-8-21)39-28(29,30)31/h3-12,15H,13-14,16-19H2,1-2H3,(H,33,37). The number of imidazole rings is 1. The van der Waals surface area contributed by atoms with Crippen molar-refractivity contribution >= 4 is 17.1 Å². The number of nitrogens with one attached hydrogen (secondary N) is 1. The van der Waals surface area contributed by atoms with Crippen molar-refractivity contribution in [3.05, 3.63) is 83.8 Å². The van der Waals surface area contributed by atoms with Crippen LogP contribution in [-0.4, -0.2) is 59.0 Å². The number of ether oxygens (including phenoxy) is 2. The normalized spacial score (nSPS) is 11.6. The van der Waals surface area contributed by atoms with Gasteiger partial charge in [-0.25, -0.2) is 9.97 Å². The van der Waals surface area contributed by atoms with E-state index >= 15 is 0 Å². The predicted molar refractivity (Wildman–Crippen MR) is 140 cm³/mol. The summed E-state index contributed by atoms with van der Waals surface area (Å²) in [6, 6.07) is 16.9. The Hall–Kier alpha value is -4.12. The van der Waals surface area contributed by atoms with E-state index in [9.17, 15) is 18.0 Å². The fourth-order valence-corrected chi connectivity index (χ4v) is 3.91. The number of aromatic nitrogens is 3. The van der Waals surface area contributed by atoms with E-state index in [2.05, 4.69) is 20.0 Å². The quantitative estimate of drug-likeness (QED) is 0.283. The minimum absolute atomic E-state index is 0.124. The zero-order valence-electron chi connectivity index (χ0n) is 21.7. The third kappa shape index (κ3) is 8.44. The number of alkyl halides is 3. The lowest BCUT2D eigenvalue weighted by Gasteiger charge is -2.12. The van der Waals surface area contributed by atoms with Crippen LogP contribution in [0.1, 0.15) is 23.4 Å². The molecule has 0 unspecified atom stereocenters. The lowest BCUT2D eigenvalue weighted by atomic mass is 10.2. The average molecular weight is 542 g/mol. The fourth-order valence-electron chi connectivity index (χ4n) is 3.91. The predicted octanol–water partition coefficient (Wildman–Crippen LogP) is 4.57. The van der Waals surface area contributed by atoms with Crippen molar-refractivity contribution < 1.29 is 27.4 Å². The zero-order chi connectivity index (χ0) is 27.8. The van der Waals surface area contributed by atoms with Crippen LogP contribution >= 0.6 is 0 Å². The Morgan fingerprint density at radius 2 is 1.69 bits per heavy atom. The molecule has 0 saturated carbocycles. The molecule has 2 heterocycles. The van der Waals surface area contributed by atoms with E-state index in [1.165, 1.54) is 12.1 Å². The molecule has 0 atom stereocenters. The summed E-state index contributed by atoms with van der Waals surface area (Å²) < 4.78 is 48.9. The lowest BCUT2D eigenvalue weighted by Crippen LogP contribution is -2.23. The first-order valence-corrected chi connectivity index (χ1v) is 12.4. The number of halogens is 3. The smallest absolute Gasteiger partial charge is 0.492 e. The highest BCUT2D eigenvalue weighted by molar-refractivity contribution is 5.76. The Bertz CT molecular complexity index is 1370. The maximum atomic E-state index is 12.6. The summed E-state index contributed by atoms with van der Waals surface area (Å²) in [6.45, 7) is 2.15. The van der Waals surface area contributed by atoms with E-state index < -0.39 is 6.36 Å².